The molecule has 4 atom stereocenters. The molecule has 1 aliphatic carbocycles. The van der Waals surface area contributed by atoms with Crippen LogP contribution in [0.1, 0.15) is 23.2 Å². The molecule has 0 bridgehead atoms. The van der Waals surface area contributed by atoms with Crippen molar-refractivity contribution in [2.45, 2.75) is 25.0 Å². The van der Waals surface area contributed by atoms with Gasteiger partial charge in [-0.25, -0.2) is 9.78 Å². The summed E-state index contributed by atoms with van der Waals surface area (Å²) >= 11 is 0. The number of hydrogen-bond acceptors (Lipinski definition) is 8. The number of esters is 1. The van der Waals surface area contributed by atoms with Crippen molar-refractivity contribution in [1.29, 1.82) is 0 Å². The first-order valence-electron chi connectivity index (χ1n) is 10.1. The van der Waals surface area contributed by atoms with Gasteiger partial charge in [0.05, 0.1) is 18.8 Å². The van der Waals surface area contributed by atoms with Gasteiger partial charge in [0, 0.05) is 25.4 Å². The molecular weight excluding hydrogens is 388 g/mol. The highest BCUT2D eigenvalue weighted by atomic mass is 16.7. The number of anilines is 1. The molecule has 1 N–H and O–H groups in total. The second kappa shape index (κ2) is 7.68. The molecule has 0 unspecified atom stereocenters. The van der Waals surface area contributed by atoms with Crippen LogP contribution in [0, 0.1) is 11.8 Å². The molecular formula is C22H24N2O6. The van der Waals surface area contributed by atoms with Gasteiger partial charge in [0.1, 0.15) is 17.7 Å². The van der Waals surface area contributed by atoms with Crippen LogP contribution < -0.4 is 19.1 Å². The van der Waals surface area contributed by atoms with Crippen molar-refractivity contribution >= 4 is 11.8 Å². The highest BCUT2D eigenvalue weighted by Crippen LogP contribution is 2.41. The van der Waals surface area contributed by atoms with Gasteiger partial charge in [-0.1, -0.05) is 0 Å². The van der Waals surface area contributed by atoms with Crippen molar-refractivity contribution < 1.29 is 28.8 Å². The molecule has 2 aliphatic heterocycles. The number of aliphatic hydroxyl groups is 1. The second-order valence-corrected chi connectivity index (χ2v) is 8.03. The van der Waals surface area contributed by atoms with Crippen LogP contribution in [0.3, 0.4) is 0 Å². The van der Waals surface area contributed by atoms with E-state index in [9.17, 15) is 9.90 Å². The molecule has 8 nitrogen and oxygen atoms in total. The number of carbonyl (C=O) groups is 1. The van der Waals surface area contributed by atoms with Gasteiger partial charge in [0.15, 0.2) is 11.5 Å². The first-order valence-corrected chi connectivity index (χ1v) is 10.1. The van der Waals surface area contributed by atoms with Crippen molar-refractivity contribution in [3.63, 3.8) is 0 Å². The van der Waals surface area contributed by atoms with Crippen LogP contribution >= 0.6 is 0 Å². The van der Waals surface area contributed by atoms with E-state index in [0.29, 0.717) is 41.1 Å². The number of carbonyl (C=O) groups excluding carboxylic acids is 1. The van der Waals surface area contributed by atoms with Crippen LogP contribution in [0.2, 0.25) is 0 Å². The van der Waals surface area contributed by atoms with Crippen molar-refractivity contribution in [3.05, 3.63) is 42.1 Å². The third kappa shape index (κ3) is 3.52. The number of pyridine rings is 1. The zero-order chi connectivity index (χ0) is 20.7. The maximum Gasteiger partial charge on any atom is 0.339 e. The highest BCUT2D eigenvalue weighted by molar-refractivity contribution is 5.89. The summed E-state index contributed by atoms with van der Waals surface area (Å²) in [5.74, 6) is 3.30. The van der Waals surface area contributed by atoms with Gasteiger partial charge in [-0.05, 0) is 48.9 Å². The monoisotopic (exact) mass is 412 g/mol. The summed E-state index contributed by atoms with van der Waals surface area (Å²) in [6.45, 7) is 1.91. The van der Waals surface area contributed by atoms with E-state index in [-0.39, 0.29) is 12.9 Å². The number of rotatable bonds is 4. The second-order valence-electron chi connectivity index (χ2n) is 8.03. The van der Waals surface area contributed by atoms with E-state index in [0.717, 1.165) is 25.3 Å². The van der Waals surface area contributed by atoms with Gasteiger partial charge in [-0.15, -0.1) is 0 Å². The molecule has 0 spiro atoms. The topological polar surface area (TPSA) is 90.4 Å². The third-order valence-electron chi connectivity index (χ3n) is 6.21. The first-order chi connectivity index (χ1) is 14.6. The largest absolute Gasteiger partial charge is 0.488 e. The molecule has 1 aromatic carbocycles. The van der Waals surface area contributed by atoms with E-state index in [2.05, 4.69) is 9.88 Å². The Morgan fingerprint density at radius 2 is 1.93 bits per heavy atom. The predicted molar refractivity (Wildman–Crippen MR) is 107 cm³/mol. The lowest BCUT2D eigenvalue weighted by atomic mass is 9.78. The number of aromatic nitrogens is 1. The molecule has 2 aromatic rings. The average molecular weight is 412 g/mol. The van der Waals surface area contributed by atoms with Gasteiger partial charge in [-0.3, -0.25) is 0 Å². The lowest BCUT2D eigenvalue weighted by Gasteiger charge is -2.35. The smallest absolute Gasteiger partial charge is 0.339 e. The molecule has 1 saturated heterocycles. The minimum atomic E-state index is -0.522. The maximum absolute atomic E-state index is 11.6. The minimum Gasteiger partial charge on any atom is -0.488 e. The minimum absolute atomic E-state index is 0.221. The van der Waals surface area contributed by atoms with Crippen LogP contribution in [0.25, 0.3) is 0 Å². The Labute approximate surface area is 174 Å². The number of hydrogen-bond donors (Lipinski definition) is 1. The molecule has 1 aromatic heterocycles. The van der Waals surface area contributed by atoms with Gasteiger partial charge in [0.25, 0.3) is 0 Å². The van der Waals surface area contributed by atoms with Gasteiger partial charge in [-0.2, -0.15) is 0 Å². The Hall–Kier alpha value is -3.00. The van der Waals surface area contributed by atoms with E-state index < -0.39 is 12.1 Å². The van der Waals surface area contributed by atoms with Crippen molar-refractivity contribution in [2.75, 3.05) is 31.9 Å². The Kier molecular flexibility index (Phi) is 4.86. The summed E-state index contributed by atoms with van der Waals surface area (Å²) in [5.41, 5.74) is 0.436. The Bertz CT molecular complexity index is 934. The van der Waals surface area contributed by atoms with Crippen molar-refractivity contribution in [2.24, 2.45) is 11.8 Å². The fourth-order valence-corrected chi connectivity index (χ4v) is 4.64. The van der Waals surface area contributed by atoms with E-state index in [1.165, 1.54) is 7.11 Å². The summed E-state index contributed by atoms with van der Waals surface area (Å²) in [4.78, 5) is 18.2. The van der Waals surface area contributed by atoms with E-state index in [1.54, 1.807) is 12.3 Å². The van der Waals surface area contributed by atoms with Gasteiger partial charge in [0.2, 0.25) is 6.79 Å². The zero-order valence-corrected chi connectivity index (χ0v) is 16.7. The van der Waals surface area contributed by atoms with Crippen LogP contribution in [-0.4, -0.2) is 55.3 Å². The van der Waals surface area contributed by atoms with Crippen LogP contribution in [0.15, 0.2) is 36.5 Å². The molecule has 2 fully saturated rings. The van der Waals surface area contributed by atoms with E-state index >= 15 is 0 Å². The maximum atomic E-state index is 11.6. The molecule has 5 rings (SSSR count). The SMILES string of the molecule is COC(=O)c1ccc(N2C[C@H]3C[C@@H](Oc4ccc5c(c4)OCO5)[C@H](O)C[C@H]3C2)nc1. The van der Waals surface area contributed by atoms with Crippen molar-refractivity contribution in [1.82, 2.24) is 4.98 Å². The summed E-state index contributed by atoms with van der Waals surface area (Å²) in [6.07, 6.45) is 2.23. The standard InChI is InChI=1S/C22H24N2O6/c1-27-22(26)13-2-5-21(23-9-13)24-10-14-6-17(25)19(7-15(14)11-24)30-16-3-4-18-20(8-16)29-12-28-18/h2-5,8-9,14-15,17,19,25H,6-7,10-12H2,1H3/t14-,15+,17+,19+/m0/s1. The number of ether oxygens (including phenoxy) is 4. The number of fused-ring (bicyclic) bond motifs is 2. The molecule has 1 saturated carbocycles. The summed E-state index contributed by atoms with van der Waals surface area (Å²) in [6, 6.07) is 9.07. The molecule has 30 heavy (non-hydrogen) atoms. The zero-order valence-electron chi connectivity index (χ0n) is 16.7. The van der Waals surface area contributed by atoms with Crippen LogP contribution in [0.5, 0.6) is 17.2 Å². The first kappa shape index (κ1) is 19.0. The molecule has 8 heteroatoms. The number of nitrogens with zero attached hydrogens (tertiary/aromatic N) is 2. The molecule has 0 radical (unpaired) electrons. The Morgan fingerprint density at radius 1 is 1.13 bits per heavy atom. The molecule has 0 amide bonds. The average Bonchev–Trinajstić information content (AvgIpc) is 3.39. The Morgan fingerprint density at radius 3 is 2.70 bits per heavy atom. The summed E-state index contributed by atoms with van der Waals surface area (Å²) < 4.78 is 21.6. The third-order valence-corrected chi connectivity index (χ3v) is 6.21. The lowest BCUT2D eigenvalue weighted by Crippen LogP contribution is -2.42. The predicted octanol–water partition coefficient (Wildman–Crippen LogP) is 2.25. The normalized spacial score (nSPS) is 26.9. The summed E-state index contributed by atoms with van der Waals surface area (Å²) in [7, 11) is 1.36. The fourth-order valence-electron chi connectivity index (χ4n) is 4.64. The molecule has 3 heterocycles. The number of aliphatic hydroxyl groups excluding tert-OH is 1. The molecule has 3 aliphatic rings. The van der Waals surface area contributed by atoms with E-state index in [4.69, 9.17) is 18.9 Å². The quantitative estimate of drug-likeness (QED) is 0.765. The lowest BCUT2D eigenvalue weighted by molar-refractivity contribution is -0.0232. The van der Waals surface area contributed by atoms with Crippen molar-refractivity contribution in [3.8, 4) is 17.2 Å². The summed E-state index contributed by atoms with van der Waals surface area (Å²) in [5, 5.41) is 10.7. The van der Waals surface area contributed by atoms with E-state index in [1.807, 2.05) is 24.3 Å². The molecule has 158 valence electrons. The van der Waals surface area contributed by atoms with Gasteiger partial charge < -0.3 is 29.0 Å². The fraction of sp³-hybridized carbons (Fsp3) is 0.455. The Balaban J connectivity index is 1.24. The van der Waals surface area contributed by atoms with Gasteiger partial charge >= 0.3 is 5.97 Å². The number of benzene rings is 1. The number of methoxy groups -OCH3 is 1. The van der Waals surface area contributed by atoms with Crippen LogP contribution in [0.4, 0.5) is 5.82 Å². The highest BCUT2D eigenvalue weighted by Gasteiger charge is 2.43. The van der Waals surface area contributed by atoms with Crippen LogP contribution in [-0.2, 0) is 4.74 Å².